The second-order valence-electron chi connectivity index (χ2n) is 6.67. The lowest BCUT2D eigenvalue weighted by molar-refractivity contribution is -0.137. The van der Waals surface area contributed by atoms with Gasteiger partial charge >= 0.3 is 5.97 Å². The van der Waals surface area contributed by atoms with E-state index in [1.165, 1.54) is 0 Å². The van der Waals surface area contributed by atoms with Gasteiger partial charge in [0, 0.05) is 18.8 Å². The number of rotatable bonds is 11. The van der Waals surface area contributed by atoms with Gasteiger partial charge in [0.25, 0.3) is 0 Å². The van der Waals surface area contributed by atoms with Crippen LogP contribution in [0.25, 0.3) is 0 Å². The SMILES string of the molecule is CC/C=C\C/C=C\C[C@H]1[C@@H](/C=C/[C@@H](O)CCCC(=O)O)[C@@H](O)C[C@H]1O. The number of aliphatic carboxylic acids is 1. The molecule has 1 aliphatic rings. The van der Waals surface area contributed by atoms with E-state index < -0.39 is 24.3 Å². The molecular formula is C20H32O5. The minimum absolute atomic E-state index is 0.0373. The Morgan fingerprint density at radius 3 is 2.56 bits per heavy atom. The monoisotopic (exact) mass is 352 g/mol. The normalized spacial score (nSPS) is 28.5. The molecule has 0 aromatic heterocycles. The van der Waals surface area contributed by atoms with Crippen LogP contribution in [-0.2, 0) is 4.79 Å². The molecule has 1 fully saturated rings. The highest BCUT2D eigenvalue weighted by molar-refractivity contribution is 5.66. The molecule has 5 atom stereocenters. The van der Waals surface area contributed by atoms with Crippen LogP contribution in [0.3, 0.4) is 0 Å². The summed E-state index contributed by atoms with van der Waals surface area (Å²) in [7, 11) is 0. The summed E-state index contributed by atoms with van der Waals surface area (Å²) in [5, 5.41) is 38.8. The molecule has 0 saturated heterocycles. The zero-order valence-electron chi connectivity index (χ0n) is 15.0. The topological polar surface area (TPSA) is 98.0 Å². The van der Waals surface area contributed by atoms with Crippen molar-refractivity contribution < 1.29 is 25.2 Å². The third kappa shape index (κ3) is 8.47. The van der Waals surface area contributed by atoms with Crippen molar-refractivity contribution in [3.05, 3.63) is 36.5 Å². The van der Waals surface area contributed by atoms with Crippen LogP contribution in [0.5, 0.6) is 0 Å². The van der Waals surface area contributed by atoms with E-state index in [1.807, 2.05) is 6.08 Å². The Labute approximate surface area is 150 Å². The van der Waals surface area contributed by atoms with Crippen LogP contribution >= 0.6 is 0 Å². The third-order valence-electron chi connectivity index (χ3n) is 4.61. The third-order valence-corrected chi connectivity index (χ3v) is 4.61. The van der Waals surface area contributed by atoms with Gasteiger partial charge in [-0.05, 0) is 38.0 Å². The zero-order chi connectivity index (χ0) is 18.7. The molecule has 0 aromatic rings. The summed E-state index contributed by atoms with van der Waals surface area (Å²) in [5.74, 6) is -1.13. The molecule has 0 radical (unpaired) electrons. The van der Waals surface area contributed by atoms with Crippen LogP contribution < -0.4 is 0 Å². The number of carbonyl (C=O) groups is 1. The predicted molar refractivity (Wildman–Crippen MR) is 98.0 cm³/mol. The first-order chi connectivity index (χ1) is 12.0. The smallest absolute Gasteiger partial charge is 0.303 e. The molecule has 4 N–H and O–H groups in total. The van der Waals surface area contributed by atoms with Gasteiger partial charge < -0.3 is 20.4 Å². The van der Waals surface area contributed by atoms with Gasteiger partial charge in [-0.15, -0.1) is 0 Å². The summed E-state index contributed by atoms with van der Waals surface area (Å²) in [4.78, 5) is 10.5. The first-order valence-corrected chi connectivity index (χ1v) is 9.20. The second-order valence-corrected chi connectivity index (χ2v) is 6.67. The average molecular weight is 352 g/mol. The number of aliphatic hydroxyl groups excluding tert-OH is 3. The van der Waals surface area contributed by atoms with E-state index in [-0.39, 0.29) is 18.3 Å². The lowest BCUT2D eigenvalue weighted by Gasteiger charge is -2.19. The van der Waals surface area contributed by atoms with Crippen molar-refractivity contribution in [3.63, 3.8) is 0 Å². The van der Waals surface area contributed by atoms with Gasteiger partial charge in [-0.1, -0.05) is 43.4 Å². The van der Waals surface area contributed by atoms with Gasteiger partial charge in [0.05, 0.1) is 18.3 Å². The molecule has 1 rings (SSSR count). The Kier molecular flexibility index (Phi) is 10.4. The van der Waals surface area contributed by atoms with Crippen molar-refractivity contribution in [3.8, 4) is 0 Å². The maximum absolute atomic E-state index is 10.5. The molecule has 0 heterocycles. The fraction of sp³-hybridized carbons (Fsp3) is 0.650. The predicted octanol–water partition coefficient (Wildman–Crippen LogP) is 2.82. The van der Waals surface area contributed by atoms with Gasteiger partial charge in [0.15, 0.2) is 0 Å². The van der Waals surface area contributed by atoms with Crippen molar-refractivity contribution in [2.75, 3.05) is 0 Å². The first kappa shape index (κ1) is 21.6. The summed E-state index contributed by atoms with van der Waals surface area (Å²) in [6.07, 6.45) is 13.5. The van der Waals surface area contributed by atoms with Crippen molar-refractivity contribution in [2.45, 2.75) is 70.2 Å². The van der Waals surface area contributed by atoms with E-state index in [0.717, 1.165) is 12.8 Å². The van der Waals surface area contributed by atoms with E-state index in [0.29, 0.717) is 25.7 Å². The molecule has 142 valence electrons. The van der Waals surface area contributed by atoms with E-state index in [9.17, 15) is 20.1 Å². The summed E-state index contributed by atoms with van der Waals surface area (Å²) in [5.41, 5.74) is 0. The number of carboxylic acid groups (broad SMARTS) is 1. The highest BCUT2D eigenvalue weighted by Crippen LogP contribution is 2.36. The van der Waals surface area contributed by atoms with Crippen molar-refractivity contribution in [1.82, 2.24) is 0 Å². The first-order valence-electron chi connectivity index (χ1n) is 9.20. The maximum Gasteiger partial charge on any atom is 0.303 e. The summed E-state index contributed by atoms with van der Waals surface area (Å²) in [6, 6.07) is 0. The molecule has 5 nitrogen and oxygen atoms in total. The average Bonchev–Trinajstić information content (AvgIpc) is 2.81. The van der Waals surface area contributed by atoms with Gasteiger partial charge in [-0.25, -0.2) is 0 Å². The van der Waals surface area contributed by atoms with Crippen molar-refractivity contribution in [2.24, 2.45) is 11.8 Å². The highest BCUT2D eigenvalue weighted by Gasteiger charge is 2.39. The number of hydrogen-bond acceptors (Lipinski definition) is 4. The summed E-state index contributed by atoms with van der Waals surface area (Å²) >= 11 is 0. The Bertz CT molecular complexity index is 469. The van der Waals surface area contributed by atoms with Gasteiger partial charge in [-0.2, -0.15) is 0 Å². The zero-order valence-corrected chi connectivity index (χ0v) is 15.0. The molecule has 0 spiro atoms. The lowest BCUT2D eigenvalue weighted by atomic mass is 9.89. The molecule has 0 aromatic carbocycles. The number of allylic oxidation sites excluding steroid dienone is 4. The quantitative estimate of drug-likeness (QED) is 0.429. The molecule has 0 amide bonds. The maximum atomic E-state index is 10.5. The largest absolute Gasteiger partial charge is 0.481 e. The minimum atomic E-state index is -0.869. The Morgan fingerprint density at radius 2 is 1.88 bits per heavy atom. The molecule has 0 unspecified atom stereocenters. The summed E-state index contributed by atoms with van der Waals surface area (Å²) < 4.78 is 0. The highest BCUT2D eigenvalue weighted by atomic mass is 16.4. The van der Waals surface area contributed by atoms with Crippen molar-refractivity contribution >= 4 is 5.97 Å². The molecular weight excluding hydrogens is 320 g/mol. The number of aliphatic hydroxyl groups is 3. The Morgan fingerprint density at radius 1 is 1.16 bits per heavy atom. The summed E-state index contributed by atoms with van der Waals surface area (Å²) in [6.45, 7) is 2.09. The van der Waals surface area contributed by atoms with Gasteiger partial charge in [0.2, 0.25) is 0 Å². The van der Waals surface area contributed by atoms with E-state index >= 15 is 0 Å². The second kappa shape index (κ2) is 12.0. The van der Waals surface area contributed by atoms with E-state index in [2.05, 4.69) is 25.2 Å². The molecule has 1 saturated carbocycles. The molecule has 5 heteroatoms. The number of hydrogen-bond donors (Lipinski definition) is 4. The van der Waals surface area contributed by atoms with Gasteiger partial charge in [0.1, 0.15) is 0 Å². The van der Waals surface area contributed by atoms with Crippen LogP contribution in [0.15, 0.2) is 36.5 Å². The minimum Gasteiger partial charge on any atom is -0.481 e. The van der Waals surface area contributed by atoms with E-state index in [4.69, 9.17) is 5.11 Å². The Hall–Kier alpha value is -1.43. The fourth-order valence-electron chi connectivity index (χ4n) is 3.21. The standard InChI is InChI=1S/C20H32O5/c1-2-3-4-5-6-7-10-16-17(19(23)14-18(16)22)13-12-15(21)9-8-11-20(24)25/h3-4,6-7,12-13,15-19,21-23H,2,5,8-11,14H2,1H3,(H,24,25)/b4-3-,7-6-,13-12+/t15-,16-,17+,18+,19-/m0/s1. The molecule has 0 bridgehead atoms. The van der Waals surface area contributed by atoms with Gasteiger partial charge in [-0.3, -0.25) is 4.79 Å². The van der Waals surface area contributed by atoms with Crippen LogP contribution in [0.1, 0.15) is 51.9 Å². The lowest BCUT2D eigenvalue weighted by Crippen LogP contribution is -2.20. The van der Waals surface area contributed by atoms with Crippen LogP contribution in [-0.4, -0.2) is 44.7 Å². The fourth-order valence-corrected chi connectivity index (χ4v) is 3.21. The van der Waals surface area contributed by atoms with E-state index in [1.54, 1.807) is 12.2 Å². The van der Waals surface area contributed by atoms with Crippen LogP contribution in [0.2, 0.25) is 0 Å². The Balaban J connectivity index is 2.51. The van der Waals surface area contributed by atoms with Crippen molar-refractivity contribution in [1.29, 1.82) is 0 Å². The number of carboxylic acids is 1. The molecule has 0 aliphatic heterocycles. The molecule has 25 heavy (non-hydrogen) atoms. The van der Waals surface area contributed by atoms with Crippen LogP contribution in [0.4, 0.5) is 0 Å². The van der Waals surface area contributed by atoms with Crippen LogP contribution in [0, 0.1) is 11.8 Å². The molecule has 1 aliphatic carbocycles.